The summed E-state index contributed by atoms with van der Waals surface area (Å²) in [5, 5.41) is 15.3. The van der Waals surface area contributed by atoms with E-state index in [0.29, 0.717) is 36.0 Å². The summed E-state index contributed by atoms with van der Waals surface area (Å²) < 4.78 is 0. The van der Waals surface area contributed by atoms with Gasteiger partial charge < -0.3 is 10.2 Å². The fourth-order valence-electron chi connectivity index (χ4n) is 3.57. The van der Waals surface area contributed by atoms with Gasteiger partial charge in [-0.05, 0) is 61.4 Å². The number of hydrogen-bond donors (Lipinski definition) is 1. The molecule has 7 nitrogen and oxygen atoms in total. The minimum Gasteiger partial charge on any atom is -0.350 e. The van der Waals surface area contributed by atoms with Gasteiger partial charge >= 0.3 is 5.69 Å². The zero-order valence-corrected chi connectivity index (χ0v) is 14.8. The SMILES string of the molecule is CCN1C(=O)CCc2cc(Nc3ccc4ncccc4c3[N+](=O)[O-])ccc21. The van der Waals surface area contributed by atoms with Gasteiger partial charge in [-0.3, -0.25) is 19.9 Å². The molecule has 4 rings (SSSR count). The van der Waals surface area contributed by atoms with Crippen molar-refractivity contribution in [2.45, 2.75) is 19.8 Å². The molecule has 0 aliphatic carbocycles. The van der Waals surface area contributed by atoms with E-state index in [1.807, 2.05) is 25.1 Å². The first-order valence-electron chi connectivity index (χ1n) is 8.81. The zero-order valence-electron chi connectivity index (χ0n) is 14.8. The molecule has 2 heterocycles. The van der Waals surface area contributed by atoms with Crippen molar-refractivity contribution in [2.75, 3.05) is 16.8 Å². The Morgan fingerprint density at radius 1 is 1.22 bits per heavy atom. The number of aryl methyl sites for hydroxylation is 1. The van der Waals surface area contributed by atoms with Gasteiger partial charge in [0.1, 0.15) is 5.69 Å². The Hall–Kier alpha value is -3.48. The highest BCUT2D eigenvalue weighted by Crippen LogP contribution is 2.36. The van der Waals surface area contributed by atoms with E-state index in [4.69, 9.17) is 0 Å². The Labute approximate surface area is 155 Å². The van der Waals surface area contributed by atoms with Gasteiger partial charge in [0.2, 0.25) is 5.91 Å². The van der Waals surface area contributed by atoms with Crippen LogP contribution < -0.4 is 10.2 Å². The number of carbonyl (C=O) groups is 1. The standard InChI is InChI=1S/C20H18N4O3/c1-2-23-18-9-6-14(12-13(18)5-10-19(23)25)22-17-8-7-16-15(4-3-11-21-16)20(17)24(26)27/h3-4,6-9,11-12,22H,2,5,10H2,1H3. The van der Waals surface area contributed by atoms with Crippen LogP contribution in [0, 0.1) is 10.1 Å². The van der Waals surface area contributed by atoms with Crippen molar-refractivity contribution >= 4 is 39.6 Å². The van der Waals surface area contributed by atoms with Gasteiger partial charge in [0.15, 0.2) is 0 Å². The minimum absolute atomic E-state index is 0.00341. The van der Waals surface area contributed by atoms with Gasteiger partial charge in [0.05, 0.1) is 15.8 Å². The molecule has 0 radical (unpaired) electrons. The summed E-state index contributed by atoms with van der Waals surface area (Å²) in [4.78, 5) is 29.3. The number of nitro groups is 1. The maximum absolute atomic E-state index is 12.0. The Bertz CT molecular complexity index is 1060. The summed E-state index contributed by atoms with van der Waals surface area (Å²) in [7, 11) is 0. The number of nitro benzene ring substituents is 1. The highest BCUT2D eigenvalue weighted by molar-refractivity contribution is 5.97. The molecular weight excluding hydrogens is 344 g/mol. The van der Waals surface area contributed by atoms with Gasteiger partial charge in [-0.15, -0.1) is 0 Å². The number of rotatable bonds is 4. The van der Waals surface area contributed by atoms with Crippen LogP contribution in [-0.4, -0.2) is 22.4 Å². The lowest BCUT2D eigenvalue weighted by Gasteiger charge is -2.28. The molecule has 0 unspecified atom stereocenters. The second-order valence-corrected chi connectivity index (χ2v) is 6.40. The van der Waals surface area contributed by atoms with E-state index in [-0.39, 0.29) is 16.5 Å². The van der Waals surface area contributed by atoms with Gasteiger partial charge in [0.25, 0.3) is 0 Å². The number of aromatic nitrogens is 1. The second kappa shape index (κ2) is 6.68. The molecule has 3 aromatic rings. The highest BCUT2D eigenvalue weighted by Gasteiger charge is 2.24. The van der Waals surface area contributed by atoms with Crippen LogP contribution in [-0.2, 0) is 11.2 Å². The molecule has 27 heavy (non-hydrogen) atoms. The van der Waals surface area contributed by atoms with Crippen LogP contribution in [0.25, 0.3) is 10.9 Å². The summed E-state index contributed by atoms with van der Waals surface area (Å²) >= 11 is 0. The summed E-state index contributed by atoms with van der Waals surface area (Å²) in [5.74, 6) is 0.128. The molecule has 0 atom stereocenters. The van der Waals surface area contributed by atoms with Crippen molar-refractivity contribution < 1.29 is 9.72 Å². The normalized spacial score (nSPS) is 13.5. The number of anilines is 3. The summed E-state index contributed by atoms with van der Waals surface area (Å²) in [6.45, 7) is 2.58. The molecule has 0 saturated heterocycles. The van der Waals surface area contributed by atoms with E-state index in [2.05, 4.69) is 10.3 Å². The molecule has 2 aromatic carbocycles. The van der Waals surface area contributed by atoms with Gasteiger partial charge in [-0.25, -0.2) is 0 Å². The molecular formula is C20H18N4O3. The predicted octanol–water partition coefficient (Wildman–Crippen LogP) is 4.19. The third-order valence-corrected chi connectivity index (χ3v) is 4.81. The number of benzene rings is 2. The number of hydrogen-bond acceptors (Lipinski definition) is 5. The van der Waals surface area contributed by atoms with Crippen molar-refractivity contribution in [3.8, 4) is 0 Å². The third-order valence-electron chi connectivity index (χ3n) is 4.81. The number of nitrogens with zero attached hydrogens (tertiary/aromatic N) is 3. The number of amides is 1. The molecule has 0 bridgehead atoms. The van der Waals surface area contributed by atoms with Crippen molar-refractivity contribution in [1.29, 1.82) is 0 Å². The zero-order chi connectivity index (χ0) is 19.0. The molecule has 1 N–H and O–H groups in total. The summed E-state index contributed by atoms with van der Waals surface area (Å²) in [6.07, 6.45) is 2.76. The molecule has 1 aromatic heterocycles. The number of nitrogens with one attached hydrogen (secondary N) is 1. The van der Waals surface area contributed by atoms with E-state index < -0.39 is 0 Å². The van der Waals surface area contributed by atoms with E-state index >= 15 is 0 Å². The molecule has 7 heteroatoms. The first-order valence-corrected chi connectivity index (χ1v) is 8.81. The van der Waals surface area contributed by atoms with Crippen molar-refractivity contribution in [3.05, 3.63) is 64.3 Å². The van der Waals surface area contributed by atoms with Crippen molar-refractivity contribution in [3.63, 3.8) is 0 Å². The van der Waals surface area contributed by atoms with Crippen LogP contribution in [0.1, 0.15) is 18.9 Å². The average Bonchev–Trinajstić information content (AvgIpc) is 2.67. The average molecular weight is 362 g/mol. The highest BCUT2D eigenvalue weighted by atomic mass is 16.6. The first kappa shape index (κ1) is 17.0. The van der Waals surface area contributed by atoms with Gasteiger partial charge in [-0.1, -0.05) is 0 Å². The van der Waals surface area contributed by atoms with E-state index in [1.165, 1.54) is 0 Å². The number of pyridine rings is 1. The molecule has 1 aliphatic heterocycles. The second-order valence-electron chi connectivity index (χ2n) is 6.40. The first-order chi connectivity index (χ1) is 13.1. The maximum Gasteiger partial charge on any atom is 0.301 e. The number of carbonyl (C=O) groups excluding carboxylic acids is 1. The lowest BCUT2D eigenvalue weighted by molar-refractivity contribution is -0.382. The van der Waals surface area contributed by atoms with Gasteiger partial charge in [0, 0.05) is 30.5 Å². The van der Waals surface area contributed by atoms with Crippen LogP contribution in [0.15, 0.2) is 48.7 Å². The molecule has 136 valence electrons. The monoisotopic (exact) mass is 362 g/mol. The lowest BCUT2D eigenvalue weighted by Crippen LogP contribution is -2.34. The fourth-order valence-corrected chi connectivity index (χ4v) is 3.57. The van der Waals surface area contributed by atoms with Crippen LogP contribution >= 0.6 is 0 Å². The van der Waals surface area contributed by atoms with Gasteiger partial charge in [-0.2, -0.15) is 0 Å². The number of fused-ring (bicyclic) bond motifs is 2. The quantitative estimate of drug-likeness (QED) is 0.555. The summed E-state index contributed by atoms with van der Waals surface area (Å²) in [5.41, 5.74) is 3.73. The van der Waals surface area contributed by atoms with Crippen molar-refractivity contribution in [2.24, 2.45) is 0 Å². The molecule has 1 aliphatic rings. The third kappa shape index (κ3) is 2.97. The molecule has 0 fully saturated rings. The van der Waals surface area contributed by atoms with E-state index in [1.54, 1.807) is 35.4 Å². The lowest BCUT2D eigenvalue weighted by atomic mass is 10.0. The Balaban J connectivity index is 1.74. The van der Waals surface area contributed by atoms with Crippen LogP contribution in [0.4, 0.5) is 22.7 Å². The molecule has 1 amide bonds. The molecule has 0 spiro atoms. The smallest absolute Gasteiger partial charge is 0.301 e. The predicted molar refractivity (Wildman–Crippen MR) is 104 cm³/mol. The Morgan fingerprint density at radius 3 is 2.85 bits per heavy atom. The van der Waals surface area contributed by atoms with Crippen LogP contribution in [0.2, 0.25) is 0 Å². The van der Waals surface area contributed by atoms with Crippen molar-refractivity contribution in [1.82, 2.24) is 4.98 Å². The summed E-state index contributed by atoms with van der Waals surface area (Å²) in [6, 6.07) is 12.5. The fraction of sp³-hybridized carbons (Fsp3) is 0.200. The topological polar surface area (TPSA) is 88.4 Å². The largest absolute Gasteiger partial charge is 0.350 e. The van der Waals surface area contributed by atoms with E-state index in [0.717, 1.165) is 16.9 Å². The maximum atomic E-state index is 12.0. The minimum atomic E-state index is -0.387. The van der Waals surface area contributed by atoms with Crippen LogP contribution in [0.3, 0.4) is 0 Å². The Kier molecular flexibility index (Phi) is 4.19. The molecule has 0 saturated carbocycles. The Morgan fingerprint density at radius 2 is 2.07 bits per heavy atom. The van der Waals surface area contributed by atoms with Crippen LogP contribution in [0.5, 0.6) is 0 Å². The van der Waals surface area contributed by atoms with E-state index in [9.17, 15) is 14.9 Å².